The third-order valence-electron chi connectivity index (χ3n) is 2.40. The van der Waals surface area contributed by atoms with E-state index in [9.17, 15) is 4.39 Å². The highest BCUT2D eigenvalue weighted by atomic mass is 19.1. The third-order valence-corrected chi connectivity index (χ3v) is 2.40. The summed E-state index contributed by atoms with van der Waals surface area (Å²) in [6.07, 6.45) is 1.41. The van der Waals surface area contributed by atoms with Gasteiger partial charge in [-0.15, -0.1) is 0 Å². The molecule has 16 heavy (non-hydrogen) atoms. The van der Waals surface area contributed by atoms with E-state index in [1.807, 2.05) is 30.3 Å². The van der Waals surface area contributed by atoms with Crippen molar-refractivity contribution in [1.82, 2.24) is 10.2 Å². The van der Waals surface area contributed by atoms with Gasteiger partial charge in [-0.25, -0.2) is 4.39 Å². The summed E-state index contributed by atoms with van der Waals surface area (Å²) in [6.45, 7) is 7.96. The molecule has 3 heteroatoms. The van der Waals surface area contributed by atoms with Crippen LogP contribution in [0.1, 0.15) is 5.56 Å². The summed E-state index contributed by atoms with van der Waals surface area (Å²) in [7, 11) is 0. The van der Waals surface area contributed by atoms with E-state index in [4.69, 9.17) is 0 Å². The van der Waals surface area contributed by atoms with Crippen LogP contribution in [0.15, 0.2) is 67.0 Å². The number of halogens is 1. The van der Waals surface area contributed by atoms with Gasteiger partial charge in [0.25, 0.3) is 0 Å². The molecule has 2 nitrogen and oxygen atoms in total. The fourth-order valence-electron chi connectivity index (χ4n) is 1.52. The van der Waals surface area contributed by atoms with Crippen LogP contribution in [-0.4, -0.2) is 4.90 Å². The van der Waals surface area contributed by atoms with E-state index in [1.54, 1.807) is 4.90 Å². The first kappa shape index (κ1) is 10.5. The van der Waals surface area contributed by atoms with Crippen molar-refractivity contribution in [2.45, 2.75) is 6.54 Å². The van der Waals surface area contributed by atoms with Crippen LogP contribution in [-0.2, 0) is 6.54 Å². The summed E-state index contributed by atoms with van der Waals surface area (Å²) in [5.74, 6) is 0.276. The predicted molar refractivity (Wildman–Crippen MR) is 62.6 cm³/mol. The molecule has 1 aromatic carbocycles. The maximum absolute atomic E-state index is 13.3. The molecule has 0 saturated heterocycles. The van der Waals surface area contributed by atoms with Crippen molar-refractivity contribution < 1.29 is 4.39 Å². The van der Waals surface area contributed by atoms with Crippen LogP contribution in [0, 0.1) is 0 Å². The third kappa shape index (κ3) is 2.14. The molecule has 1 aliphatic heterocycles. The summed E-state index contributed by atoms with van der Waals surface area (Å²) in [4.78, 5) is 1.72. The molecule has 1 N–H and O–H groups in total. The minimum atomic E-state index is -0.358. The second-order valence-corrected chi connectivity index (χ2v) is 3.64. The first-order chi connectivity index (χ1) is 7.66. The van der Waals surface area contributed by atoms with Crippen molar-refractivity contribution in [3.63, 3.8) is 0 Å². The largest absolute Gasteiger partial charge is 0.340 e. The summed E-state index contributed by atoms with van der Waals surface area (Å²) in [5, 5.41) is 2.79. The van der Waals surface area contributed by atoms with E-state index >= 15 is 0 Å². The Morgan fingerprint density at radius 2 is 1.88 bits per heavy atom. The lowest BCUT2D eigenvalue weighted by Gasteiger charge is -2.28. The van der Waals surface area contributed by atoms with Crippen molar-refractivity contribution in [2.75, 3.05) is 0 Å². The van der Waals surface area contributed by atoms with Crippen LogP contribution in [0.4, 0.5) is 4.39 Å². The fraction of sp³-hybridized carbons (Fsp3) is 0.0769. The quantitative estimate of drug-likeness (QED) is 0.817. The maximum atomic E-state index is 13.3. The SMILES string of the molecule is C=C1NC(=C)N(Cc2ccccc2)C=C1F. The number of benzene rings is 1. The summed E-state index contributed by atoms with van der Waals surface area (Å²) < 4.78 is 13.3. The normalized spacial score (nSPS) is 15.8. The number of rotatable bonds is 2. The van der Waals surface area contributed by atoms with Crippen LogP contribution >= 0.6 is 0 Å². The molecule has 1 heterocycles. The van der Waals surface area contributed by atoms with Gasteiger partial charge in [0.05, 0.1) is 5.70 Å². The highest BCUT2D eigenvalue weighted by Gasteiger charge is 2.16. The Morgan fingerprint density at radius 3 is 2.56 bits per heavy atom. The van der Waals surface area contributed by atoms with Crippen LogP contribution < -0.4 is 5.32 Å². The lowest BCUT2D eigenvalue weighted by atomic mass is 10.2. The van der Waals surface area contributed by atoms with Crippen LogP contribution in [0.5, 0.6) is 0 Å². The second-order valence-electron chi connectivity index (χ2n) is 3.64. The number of nitrogens with one attached hydrogen (secondary N) is 1. The molecule has 0 fully saturated rings. The molecule has 0 aliphatic carbocycles. The number of hydrogen-bond donors (Lipinski definition) is 1. The Bertz CT molecular complexity index is 448. The van der Waals surface area contributed by atoms with E-state index < -0.39 is 0 Å². The van der Waals surface area contributed by atoms with Crippen LogP contribution in [0.25, 0.3) is 0 Å². The van der Waals surface area contributed by atoms with Gasteiger partial charge < -0.3 is 10.2 Å². The Labute approximate surface area is 94.4 Å². The van der Waals surface area contributed by atoms with Crippen molar-refractivity contribution in [3.8, 4) is 0 Å². The van der Waals surface area contributed by atoms with Gasteiger partial charge in [0.1, 0.15) is 5.82 Å². The molecule has 0 bridgehead atoms. The zero-order valence-corrected chi connectivity index (χ0v) is 8.91. The second kappa shape index (κ2) is 4.23. The molecule has 82 valence electrons. The molecular formula is C13H13FN2. The minimum absolute atomic E-state index is 0.259. The van der Waals surface area contributed by atoms with Gasteiger partial charge in [-0.2, -0.15) is 0 Å². The van der Waals surface area contributed by atoms with Gasteiger partial charge >= 0.3 is 0 Å². The number of nitrogens with zero attached hydrogens (tertiary/aromatic N) is 1. The molecule has 0 radical (unpaired) electrons. The van der Waals surface area contributed by atoms with Crippen molar-refractivity contribution in [2.24, 2.45) is 0 Å². The Hall–Kier alpha value is -2.03. The molecule has 2 rings (SSSR count). The Balaban J connectivity index is 2.17. The number of hydrogen-bond acceptors (Lipinski definition) is 2. The van der Waals surface area contributed by atoms with Gasteiger partial charge in [0, 0.05) is 12.7 Å². The molecule has 1 aliphatic rings. The highest BCUT2D eigenvalue weighted by Crippen LogP contribution is 2.20. The minimum Gasteiger partial charge on any atom is -0.340 e. The summed E-state index contributed by atoms with van der Waals surface area (Å²) in [5.41, 5.74) is 1.36. The monoisotopic (exact) mass is 216 g/mol. The molecule has 0 spiro atoms. The topological polar surface area (TPSA) is 15.3 Å². The lowest BCUT2D eigenvalue weighted by Crippen LogP contribution is -2.30. The molecule has 0 unspecified atom stereocenters. The van der Waals surface area contributed by atoms with Gasteiger partial charge in [-0.05, 0) is 5.56 Å². The standard InChI is InChI=1S/C13H13FN2/c1-10-13(14)9-16(11(2)15-10)8-12-6-4-3-5-7-12/h3-7,9,15H,1-2,8H2. The summed E-state index contributed by atoms with van der Waals surface area (Å²) in [6, 6.07) is 9.83. The lowest BCUT2D eigenvalue weighted by molar-refractivity contribution is 0.395. The van der Waals surface area contributed by atoms with E-state index in [-0.39, 0.29) is 11.5 Å². The van der Waals surface area contributed by atoms with Crippen molar-refractivity contribution in [1.29, 1.82) is 0 Å². The molecular weight excluding hydrogens is 203 g/mol. The molecule has 1 aromatic rings. The Kier molecular flexibility index (Phi) is 2.77. The molecule has 0 saturated carbocycles. The zero-order valence-electron chi connectivity index (χ0n) is 8.91. The van der Waals surface area contributed by atoms with E-state index in [0.717, 1.165) is 5.56 Å². The van der Waals surface area contributed by atoms with Crippen LogP contribution in [0.2, 0.25) is 0 Å². The van der Waals surface area contributed by atoms with E-state index in [2.05, 4.69) is 18.5 Å². The zero-order chi connectivity index (χ0) is 11.5. The van der Waals surface area contributed by atoms with Gasteiger partial charge in [0.2, 0.25) is 0 Å². The van der Waals surface area contributed by atoms with Gasteiger partial charge in [-0.1, -0.05) is 43.5 Å². The maximum Gasteiger partial charge on any atom is 0.162 e. The predicted octanol–water partition coefficient (Wildman–Crippen LogP) is 2.89. The average molecular weight is 216 g/mol. The Morgan fingerprint density at radius 1 is 1.19 bits per heavy atom. The first-order valence-electron chi connectivity index (χ1n) is 5.00. The van der Waals surface area contributed by atoms with Gasteiger partial charge in [-0.3, -0.25) is 0 Å². The highest BCUT2D eigenvalue weighted by molar-refractivity contribution is 5.29. The average Bonchev–Trinajstić information content (AvgIpc) is 2.27. The fourth-order valence-corrected chi connectivity index (χ4v) is 1.52. The first-order valence-corrected chi connectivity index (χ1v) is 5.00. The van der Waals surface area contributed by atoms with Crippen molar-refractivity contribution in [3.05, 3.63) is 72.6 Å². The van der Waals surface area contributed by atoms with Crippen LogP contribution in [0.3, 0.4) is 0 Å². The smallest absolute Gasteiger partial charge is 0.162 e. The molecule has 0 aromatic heterocycles. The van der Waals surface area contributed by atoms with E-state index in [0.29, 0.717) is 12.4 Å². The van der Waals surface area contributed by atoms with Crippen molar-refractivity contribution >= 4 is 0 Å². The molecule has 0 atom stereocenters. The number of allylic oxidation sites excluding steroid dienone is 1. The molecule has 0 amide bonds. The van der Waals surface area contributed by atoms with Gasteiger partial charge in [0.15, 0.2) is 5.83 Å². The van der Waals surface area contributed by atoms with E-state index in [1.165, 1.54) is 6.20 Å². The summed E-state index contributed by atoms with van der Waals surface area (Å²) >= 11 is 0.